The van der Waals surface area contributed by atoms with Gasteiger partial charge in [0.2, 0.25) is 0 Å². The third-order valence-corrected chi connectivity index (χ3v) is 6.35. The molecule has 0 aromatic carbocycles. The number of nitrogens with one attached hydrogen (secondary N) is 1. The van der Waals surface area contributed by atoms with E-state index >= 15 is 0 Å². The molecule has 18 heavy (non-hydrogen) atoms. The molecule has 1 aromatic heterocycles. The van der Waals surface area contributed by atoms with Gasteiger partial charge in [0.1, 0.15) is 0 Å². The van der Waals surface area contributed by atoms with Gasteiger partial charge in [0.25, 0.3) is 0 Å². The van der Waals surface area contributed by atoms with Crippen molar-refractivity contribution in [2.75, 3.05) is 5.75 Å². The van der Waals surface area contributed by atoms with Crippen LogP contribution >= 0.6 is 23.1 Å². The van der Waals surface area contributed by atoms with Crippen molar-refractivity contribution in [1.82, 2.24) is 5.32 Å². The summed E-state index contributed by atoms with van der Waals surface area (Å²) in [5.74, 6) is 1.22. The maximum Gasteiger partial charge on any atom is 0.157 e. The molecule has 98 valence electrons. The molecule has 0 radical (unpaired) electrons. The van der Waals surface area contributed by atoms with Crippen LogP contribution in [0.25, 0.3) is 0 Å². The molecule has 0 atom stereocenters. The van der Waals surface area contributed by atoms with E-state index in [0.717, 1.165) is 6.54 Å². The maximum atomic E-state index is 4.75. The summed E-state index contributed by atoms with van der Waals surface area (Å²) in [6, 6.07) is 2.27. The van der Waals surface area contributed by atoms with Crippen LogP contribution < -0.4 is 5.32 Å². The second kappa shape index (κ2) is 4.89. The lowest BCUT2D eigenvalue weighted by atomic mass is 10.0. The van der Waals surface area contributed by atoms with Crippen LogP contribution in [0, 0.1) is 13.8 Å². The third-order valence-electron chi connectivity index (χ3n) is 4.01. The molecule has 1 aromatic rings. The lowest BCUT2D eigenvalue weighted by Crippen LogP contribution is -2.40. The molecule has 2 fully saturated rings. The van der Waals surface area contributed by atoms with Crippen LogP contribution in [0.4, 0.5) is 0 Å². The average Bonchev–Trinajstić information content (AvgIpc) is 3.03. The van der Waals surface area contributed by atoms with Crippen LogP contribution in [0.15, 0.2) is 11.1 Å². The van der Waals surface area contributed by atoms with Gasteiger partial charge < -0.3 is 5.32 Å². The summed E-state index contributed by atoms with van der Waals surface area (Å²) in [7, 11) is 0. The van der Waals surface area contributed by atoms with E-state index in [1.165, 1.54) is 51.9 Å². The van der Waals surface area contributed by atoms with Crippen molar-refractivity contribution < 1.29 is 0 Å². The summed E-state index contributed by atoms with van der Waals surface area (Å²) in [5, 5.41) is 4.84. The quantitative estimate of drug-likeness (QED) is 0.889. The van der Waals surface area contributed by atoms with E-state index in [1.54, 1.807) is 0 Å². The molecule has 0 amide bonds. The van der Waals surface area contributed by atoms with E-state index in [2.05, 4.69) is 25.2 Å². The van der Waals surface area contributed by atoms with Crippen molar-refractivity contribution in [2.24, 2.45) is 4.99 Å². The summed E-state index contributed by atoms with van der Waals surface area (Å²) >= 11 is 3.79. The van der Waals surface area contributed by atoms with Gasteiger partial charge in [0, 0.05) is 21.0 Å². The van der Waals surface area contributed by atoms with Crippen molar-refractivity contribution in [2.45, 2.75) is 51.6 Å². The molecule has 1 aliphatic heterocycles. The number of nitrogens with zero attached hydrogens (tertiary/aromatic N) is 1. The highest BCUT2D eigenvalue weighted by molar-refractivity contribution is 8.14. The molecule has 0 unspecified atom stereocenters. The van der Waals surface area contributed by atoms with Crippen LogP contribution in [0.1, 0.15) is 41.0 Å². The Balaban J connectivity index is 1.64. The zero-order valence-electron chi connectivity index (χ0n) is 11.1. The van der Waals surface area contributed by atoms with Gasteiger partial charge in [0.15, 0.2) is 5.17 Å². The van der Waals surface area contributed by atoms with E-state index in [-0.39, 0.29) is 0 Å². The lowest BCUT2D eigenvalue weighted by molar-refractivity contribution is 0.452. The number of hydrogen-bond donors (Lipinski definition) is 1. The van der Waals surface area contributed by atoms with Gasteiger partial charge in [-0.1, -0.05) is 24.6 Å². The number of aliphatic imine (C=N–C) groups is 1. The van der Waals surface area contributed by atoms with Crippen molar-refractivity contribution in [3.63, 3.8) is 0 Å². The van der Waals surface area contributed by atoms with Gasteiger partial charge in [-0.05, 0) is 38.3 Å². The number of amidine groups is 1. The minimum Gasteiger partial charge on any atom is -0.359 e. The molecule has 0 bridgehead atoms. The zero-order valence-corrected chi connectivity index (χ0v) is 12.7. The molecule has 4 heteroatoms. The molecular weight excluding hydrogens is 260 g/mol. The Morgan fingerprint density at radius 1 is 1.33 bits per heavy atom. The second-order valence-electron chi connectivity index (χ2n) is 5.47. The first kappa shape index (κ1) is 12.5. The lowest BCUT2D eigenvalue weighted by Gasteiger charge is -2.21. The fraction of sp³-hybridized carbons (Fsp3) is 0.643. The molecule has 2 heterocycles. The fourth-order valence-electron chi connectivity index (χ4n) is 2.79. The van der Waals surface area contributed by atoms with Crippen LogP contribution in [0.3, 0.4) is 0 Å². The average molecular weight is 280 g/mol. The normalized spacial score (nSPS) is 24.0. The number of thioether (sulfide) groups is 1. The highest BCUT2D eigenvalue weighted by Gasteiger charge is 2.39. The van der Waals surface area contributed by atoms with Crippen LogP contribution in [0.5, 0.6) is 0 Å². The highest BCUT2D eigenvalue weighted by Crippen LogP contribution is 2.37. The van der Waals surface area contributed by atoms with Crippen LogP contribution in [-0.2, 0) is 6.54 Å². The number of rotatable bonds is 2. The molecule has 2 aliphatic rings. The van der Waals surface area contributed by atoms with E-state index in [9.17, 15) is 0 Å². The van der Waals surface area contributed by atoms with E-state index in [4.69, 9.17) is 4.99 Å². The summed E-state index contributed by atoms with van der Waals surface area (Å²) in [6.45, 7) is 5.20. The van der Waals surface area contributed by atoms with Crippen molar-refractivity contribution in [3.05, 3.63) is 21.4 Å². The number of hydrogen-bond acceptors (Lipinski definition) is 3. The van der Waals surface area contributed by atoms with Gasteiger partial charge in [-0.3, -0.25) is 4.99 Å². The third kappa shape index (κ3) is 2.45. The van der Waals surface area contributed by atoms with Crippen molar-refractivity contribution in [3.8, 4) is 0 Å². The molecule has 3 rings (SSSR count). The minimum atomic E-state index is 0.394. The smallest absolute Gasteiger partial charge is 0.157 e. The van der Waals surface area contributed by atoms with E-state index in [0.29, 0.717) is 5.54 Å². The molecule has 2 nitrogen and oxygen atoms in total. The van der Waals surface area contributed by atoms with Crippen LogP contribution in [-0.4, -0.2) is 16.5 Å². The van der Waals surface area contributed by atoms with Gasteiger partial charge in [-0.2, -0.15) is 0 Å². The molecular formula is C14H20N2S2. The first-order valence-electron chi connectivity index (χ1n) is 6.68. The largest absolute Gasteiger partial charge is 0.359 e. The predicted molar refractivity (Wildman–Crippen MR) is 81.7 cm³/mol. The van der Waals surface area contributed by atoms with Crippen molar-refractivity contribution in [1.29, 1.82) is 0 Å². The molecule has 1 saturated heterocycles. The molecule has 1 aliphatic carbocycles. The summed E-state index contributed by atoms with van der Waals surface area (Å²) in [6.07, 6.45) is 5.42. The van der Waals surface area contributed by atoms with Gasteiger partial charge in [-0.25, -0.2) is 0 Å². The first-order valence-corrected chi connectivity index (χ1v) is 8.48. The molecule has 1 saturated carbocycles. The highest BCUT2D eigenvalue weighted by atomic mass is 32.2. The first-order chi connectivity index (χ1) is 8.67. The molecule has 1 spiro atoms. The standard InChI is InChI=1S/C14H20N2S2/c1-10-7-12(18-11(10)2)8-15-13-16-14(9-17-13)5-3-4-6-14/h7H,3-6,8-9H2,1-2H3,(H,15,16). The molecule has 1 N–H and O–H groups in total. The van der Waals surface area contributed by atoms with Gasteiger partial charge in [-0.15, -0.1) is 11.3 Å². The topological polar surface area (TPSA) is 24.4 Å². The minimum absolute atomic E-state index is 0.394. The monoisotopic (exact) mass is 280 g/mol. The van der Waals surface area contributed by atoms with Gasteiger partial charge >= 0.3 is 0 Å². The fourth-order valence-corrected chi connectivity index (χ4v) is 4.99. The Hall–Kier alpha value is -0.480. The van der Waals surface area contributed by atoms with Gasteiger partial charge in [0.05, 0.1) is 6.54 Å². The number of aryl methyl sites for hydroxylation is 2. The second-order valence-corrected chi connectivity index (χ2v) is 7.78. The zero-order chi connectivity index (χ0) is 12.6. The summed E-state index contributed by atoms with van der Waals surface area (Å²) in [5.41, 5.74) is 1.79. The maximum absolute atomic E-state index is 4.75. The van der Waals surface area contributed by atoms with Crippen molar-refractivity contribution >= 4 is 28.3 Å². The number of thiophene rings is 1. The Morgan fingerprint density at radius 2 is 2.11 bits per heavy atom. The van der Waals surface area contributed by atoms with E-state index in [1.807, 2.05) is 23.1 Å². The SMILES string of the molecule is Cc1cc(CN=C2NC3(CCCC3)CS2)sc1C. The van der Waals surface area contributed by atoms with Crippen LogP contribution in [0.2, 0.25) is 0 Å². The Kier molecular flexibility index (Phi) is 3.41. The summed E-state index contributed by atoms with van der Waals surface area (Å²) in [4.78, 5) is 7.55. The summed E-state index contributed by atoms with van der Waals surface area (Å²) < 4.78 is 0. The Bertz CT molecular complexity index is 451. The van der Waals surface area contributed by atoms with E-state index < -0.39 is 0 Å². The Labute approximate surface area is 117 Å². The predicted octanol–water partition coefficient (Wildman–Crippen LogP) is 3.87. The Morgan fingerprint density at radius 3 is 2.78 bits per heavy atom.